The second-order valence-corrected chi connectivity index (χ2v) is 8.80. The Bertz CT molecular complexity index is 865. The van der Waals surface area contributed by atoms with Crippen LogP contribution in [0.4, 0.5) is 5.69 Å². The normalized spacial score (nSPS) is 14.8. The second-order valence-electron chi connectivity index (χ2n) is 8.80. The predicted molar refractivity (Wildman–Crippen MR) is 129 cm³/mol. The Morgan fingerprint density at radius 1 is 1.03 bits per heavy atom. The molecule has 1 saturated heterocycles. The fourth-order valence-electron chi connectivity index (χ4n) is 4.13. The Morgan fingerprint density at radius 2 is 1.70 bits per heavy atom. The Balaban J connectivity index is 1.57. The molecule has 0 bridgehead atoms. The summed E-state index contributed by atoms with van der Waals surface area (Å²) in [5.74, 6) is 0.965. The van der Waals surface area contributed by atoms with E-state index in [4.69, 9.17) is 9.57 Å². The van der Waals surface area contributed by atoms with Crippen molar-refractivity contribution in [2.75, 3.05) is 44.7 Å². The number of rotatable bonds is 11. The van der Waals surface area contributed by atoms with Gasteiger partial charge in [-0.25, -0.2) is 5.06 Å². The van der Waals surface area contributed by atoms with Crippen molar-refractivity contribution in [3.63, 3.8) is 0 Å². The van der Waals surface area contributed by atoms with Crippen LogP contribution in [0.25, 0.3) is 0 Å². The summed E-state index contributed by atoms with van der Waals surface area (Å²) in [6.07, 6.45) is 1.38. The molecule has 0 aliphatic carbocycles. The number of carbonyl (C=O) groups excluding carboxylic acids is 2. The van der Waals surface area contributed by atoms with Gasteiger partial charge in [0.2, 0.25) is 12.3 Å². The number of hydroxylamine groups is 2. The van der Waals surface area contributed by atoms with Crippen LogP contribution >= 0.6 is 0 Å². The molecule has 7 heteroatoms. The van der Waals surface area contributed by atoms with Crippen molar-refractivity contribution in [1.29, 1.82) is 0 Å². The number of piperazine rings is 1. The van der Waals surface area contributed by atoms with E-state index in [-0.39, 0.29) is 18.4 Å². The number of ether oxygens (including phenoxy) is 1. The number of methoxy groups -OCH3 is 1. The first kappa shape index (κ1) is 24.6. The maximum Gasteiger partial charge on any atom is 0.233 e. The molecule has 7 nitrogen and oxygen atoms in total. The van der Waals surface area contributed by atoms with Gasteiger partial charge >= 0.3 is 0 Å². The van der Waals surface area contributed by atoms with Gasteiger partial charge in [-0.3, -0.25) is 14.4 Å². The van der Waals surface area contributed by atoms with Crippen molar-refractivity contribution < 1.29 is 19.2 Å². The SMILES string of the molecule is COc1ccc(N2CCN(C(=O)[C@H](CC(C)C)CN(C=O)OCc3ccccc3)CC2)cc1. The first-order valence-corrected chi connectivity index (χ1v) is 11.6. The average molecular weight is 454 g/mol. The molecule has 1 atom stereocenters. The first-order chi connectivity index (χ1) is 16.0. The molecule has 2 amide bonds. The van der Waals surface area contributed by atoms with Crippen LogP contribution in [0.15, 0.2) is 54.6 Å². The minimum Gasteiger partial charge on any atom is -0.497 e. The summed E-state index contributed by atoms with van der Waals surface area (Å²) in [5.41, 5.74) is 2.11. The van der Waals surface area contributed by atoms with Crippen LogP contribution in [0.1, 0.15) is 25.8 Å². The molecule has 178 valence electrons. The number of carbonyl (C=O) groups is 2. The summed E-state index contributed by atoms with van der Waals surface area (Å²) >= 11 is 0. The van der Waals surface area contributed by atoms with Crippen molar-refractivity contribution >= 4 is 18.0 Å². The van der Waals surface area contributed by atoms with Gasteiger partial charge in [-0.2, -0.15) is 0 Å². The number of amides is 2. The van der Waals surface area contributed by atoms with E-state index in [2.05, 4.69) is 18.7 Å². The smallest absolute Gasteiger partial charge is 0.233 e. The molecular weight excluding hydrogens is 418 g/mol. The van der Waals surface area contributed by atoms with Gasteiger partial charge in [0, 0.05) is 31.9 Å². The molecule has 0 radical (unpaired) electrons. The summed E-state index contributed by atoms with van der Waals surface area (Å²) in [6.45, 7) is 7.60. The van der Waals surface area contributed by atoms with Gasteiger partial charge in [-0.1, -0.05) is 44.2 Å². The molecular formula is C26H35N3O4. The highest BCUT2D eigenvalue weighted by Crippen LogP contribution is 2.22. The molecule has 33 heavy (non-hydrogen) atoms. The van der Waals surface area contributed by atoms with E-state index in [0.717, 1.165) is 30.1 Å². The largest absolute Gasteiger partial charge is 0.497 e. The summed E-state index contributed by atoms with van der Waals surface area (Å²) in [4.78, 5) is 34.9. The van der Waals surface area contributed by atoms with Crippen LogP contribution in [0.3, 0.4) is 0 Å². The fraction of sp³-hybridized carbons (Fsp3) is 0.462. The van der Waals surface area contributed by atoms with Gasteiger partial charge in [-0.05, 0) is 42.2 Å². The Hall–Kier alpha value is -3.06. The summed E-state index contributed by atoms with van der Waals surface area (Å²) < 4.78 is 5.24. The van der Waals surface area contributed by atoms with E-state index < -0.39 is 0 Å². The van der Waals surface area contributed by atoms with E-state index >= 15 is 0 Å². The van der Waals surface area contributed by atoms with Crippen molar-refractivity contribution in [1.82, 2.24) is 9.96 Å². The topological polar surface area (TPSA) is 62.3 Å². The molecule has 2 aromatic carbocycles. The number of hydrogen-bond donors (Lipinski definition) is 0. The number of anilines is 1. The average Bonchev–Trinajstić information content (AvgIpc) is 2.86. The monoisotopic (exact) mass is 453 g/mol. The van der Waals surface area contributed by atoms with Gasteiger partial charge < -0.3 is 14.5 Å². The summed E-state index contributed by atoms with van der Waals surface area (Å²) in [6, 6.07) is 17.7. The highest BCUT2D eigenvalue weighted by Gasteiger charge is 2.30. The van der Waals surface area contributed by atoms with Crippen molar-refractivity contribution in [2.24, 2.45) is 11.8 Å². The van der Waals surface area contributed by atoms with E-state index in [1.54, 1.807) is 7.11 Å². The maximum atomic E-state index is 13.4. The number of hydrogen-bond acceptors (Lipinski definition) is 5. The molecule has 1 fully saturated rings. The van der Waals surface area contributed by atoms with Crippen LogP contribution in [-0.2, 0) is 21.0 Å². The molecule has 1 aliphatic heterocycles. The van der Waals surface area contributed by atoms with Gasteiger partial charge in [0.15, 0.2) is 0 Å². The van der Waals surface area contributed by atoms with E-state index in [0.29, 0.717) is 38.4 Å². The summed E-state index contributed by atoms with van der Waals surface area (Å²) in [7, 11) is 1.66. The molecule has 0 unspecified atom stereocenters. The number of benzene rings is 2. The van der Waals surface area contributed by atoms with E-state index in [9.17, 15) is 9.59 Å². The number of nitrogens with zero attached hydrogens (tertiary/aromatic N) is 3. The minimum absolute atomic E-state index is 0.0910. The van der Waals surface area contributed by atoms with E-state index in [1.807, 2.05) is 59.5 Å². The van der Waals surface area contributed by atoms with Crippen LogP contribution in [0, 0.1) is 11.8 Å². The summed E-state index contributed by atoms with van der Waals surface area (Å²) in [5, 5.41) is 1.27. The van der Waals surface area contributed by atoms with Crippen LogP contribution in [0.2, 0.25) is 0 Å². The molecule has 0 aromatic heterocycles. The highest BCUT2D eigenvalue weighted by molar-refractivity contribution is 5.79. The highest BCUT2D eigenvalue weighted by atomic mass is 16.7. The Kier molecular flexibility index (Phi) is 9.13. The minimum atomic E-state index is -0.293. The standard InChI is InChI=1S/C26H35N3O4/c1-21(2)17-23(18-29(20-30)33-19-22-7-5-4-6-8-22)26(31)28-15-13-27(14-16-28)24-9-11-25(32-3)12-10-24/h4-12,20-21,23H,13-19H2,1-3H3/t23-/m1/s1. The molecule has 3 rings (SSSR count). The van der Waals surface area contributed by atoms with Crippen LogP contribution < -0.4 is 9.64 Å². The molecule has 0 spiro atoms. The predicted octanol–water partition coefficient (Wildman–Crippen LogP) is 3.60. The third-order valence-corrected chi connectivity index (χ3v) is 5.89. The Morgan fingerprint density at radius 3 is 2.27 bits per heavy atom. The zero-order chi connectivity index (χ0) is 23.6. The van der Waals surface area contributed by atoms with Gasteiger partial charge in [0.25, 0.3) is 0 Å². The second kappa shape index (κ2) is 12.3. The molecule has 1 heterocycles. The lowest BCUT2D eigenvalue weighted by Gasteiger charge is -2.38. The van der Waals surface area contributed by atoms with E-state index in [1.165, 1.54) is 5.06 Å². The first-order valence-electron chi connectivity index (χ1n) is 11.6. The van der Waals surface area contributed by atoms with Crippen molar-refractivity contribution in [2.45, 2.75) is 26.9 Å². The van der Waals surface area contributed by atoms with Gasteiger partial charge in [0.1, 0.15) is 12.4 Å². The Labute approximate surface area is 196 Å². The fourth-order valence-corrected chi connectivity index (χ4v) is 4.13. The lowest BCUT2D eigenvalue weighted by atomic mass is 9.95. The van der Waals surface area contributed by atoms with Gasteiger partial charge in [-0.15, -0.1) is 0 Å². The zero-order valence-electron chi connectivity index (χ0n) is 19.9. The molecule has 0 N–H and O–H groups in total. The molecule has 2 aromatic rings. The molecule has 0 saturated carbocycles. The van der Waals surface area contributed by atoms with Crippen molar-refractivity contribution in [3.05, 3.63) is 60.2 Å². The van der Waals surface area contributed by atoms with Gasteiger partial charge in [0.05, 0.1) is 19.6 Å². The quantitative estimate of drug-likeness (QED) is 0.384. The lowest BCUT2D eigenvalue weighted by Crippen LogP contribution is -2.51. The lowest BCUT2D eigenvalue weighted by molar-refractivity contribution is -0.183. The third kappa shape index (κ3) is 7.22. The van der Waals surface area contributed by atoms with Crippen LogP contribution in [0.5, 0.6) is 5.75 Å². The van der Waals surface area contributed by atoms with Crippen LogP contribution in [-0.4, -0.2) is 62.1 Å². The maximum absolute atomic E-state index is 13.4. The van der Waals surface area contributed by atoms with Crippen molar-refractivity contribution in [3.8, 4) is 5.75 Å². The zero-order valence-corrected chi connectivity index (χ0v) is 19.9. The molecule has 1 aliphatic rings. The third-order valence-electron chi connectivity index (χ3n) is 5.89.